The van der Waals surface area contributed by atoms with E-state index in [9.17, 15) is 0 Å². The average molecular weight is 231 g/mol. The third kappa shape index (κ3) is 2.03. The van der Waals surface area contributed by atoms with Gasteiger partial charge in [-0.15, -0.1) is 0 Å². The third-order valence-corrected chi connectivity index (χ3v) is 2.98. The summed E-state index contributed by atoms with van der Waals surface area (Å²) >= 11 is 0. The topological polar surface area (TPSA) is 62.4 Å². The second-order valence-corrected chi connectivity index (χ2v) is 4.17. The summed E-state index contributed by atoms with van der Waals surface area (Å²) in [6.07, 6.45) is 1.75. The van der Waals surface area contributed by atoms with Gasteiger partial charge in [-0.25, -0.2) is 4.98 Å². The maximum Gasteiger partial charge on any atom is 0.136 e. The van der Waals surface area contributed by atoms with E-state index in [1.54, 1.807) is 6.20 Å². The Morgan fingerprint density at radius 2 is 2.06 bits per heavy atom. The van der Waals surface area contributed by atoms with E-state index in [2.05, 4.69) is 4.98 Å². The number of aryl methyl sites for hydroxylation is 1. The predicted molar refractivity (Wildman–Crippen MR) is 71.2 cm³/mol. The zero-order chi connectivity index (χ0) is 12.4. The number of pyridine rings is 1. The van der Waals surface area contributed by atoms with Crippen molar-refractivity contribution in [2.75, 3.05) is 30.8 Å². The Morgan fingerprint density at radius 1 is 1.29 bits per heavy atom. The fourth-order valence-corrected chi connectivity index (χ4v) is 1.93. The number of aromatic nitrogens is 1. The van der Waals surface area contributed by atoms with Gasteiger partial charge in [-0.2, -0.15) is 0 Å². The molecule has 1 aromatic heterocycles. The van der Waals surface area contributed by atoms with Gasteiger partial charge in [0, 0.05) is 36.2 Å². The van der Waals surface area contributed by atoms with Crippen molar-refractivity contribution >= 4 is 22.3 Å². The summed E-state index contributed by atoms with van der Waals surface area (Å²) in [5.74, 6) is 0.850. The Labute approximate surface area is 101 Å². The Hall–Kier alpha value is -1.81. The maximum atomic E-state index is 8.97. The molecule has 0 fully saturated rings. The number of benzene rings is 1. The van der Waals surface area contributed by atoms with E-state index in [0.29, 0.717) is 6.54 Å². The van der Waals surface area contributed by atoms with Gasteiger partial charge in [0.05, 0.1) is 6.61 Å². The van der Waals surface area contributed by atoms with Crippen LogP contribution >= 0.6 is 0 Å². The van der Waals surface area contributed by atoms with Gasteiger partial charge in [0.2, 0.25) is 0 Å². The van der Waals surface area contributed by atoms with Crippen LogP contribution in [0.5, 0.6) is 0 Å². The summed E-state index contributed by atoms with van der Waals surface area (Å²) < 4.78 is 0. The van der Waals surface area contributed by atoms with Crippen LogP contribution in [0.25, 0.3) is 10.8 Å². The fraction of sp³-hybridized carbons (Fsp3) is 0.308. The first kappa shape index (κ1) is 11.7. The summed E-state index contributed by atoms with van der Waals surface area (Å²) in [5.41, 5.74) is 7.93. The number of nitrogen functional groups attached to an aromatic ring is 1. The molecule has 0 aliphatic rings. The first-order valence-corrected chi connectivity index (χ1v) is 5.61. The van der Waals surface area contributed by atoms with E-state index in [4.69, 9.17) is 10.8 Å². The van der Waals surface area contributed by atoms with Crippen LogP contribution in [0, 0.1) is 6.92 Å². The molecule has 90 valence electrons. The molecule has 1 heterocycles. The van der Waals surface area contributed by atoms with E-state index in [-0.39, 0.29) is 6.61 Å². The van der Waals surface area contributed by atoms with Crippen molar-refractivity contribution in [1.29, 1.82) is 0 Å². The van der Waals surface area contributed by atoms with Gasteiger partial charge < -0.3 is 15.7 Å². The van der Waals surface area contributed by atoms with E-state index in [1.165, 1.54) is 0 Å². The molecule has 4 nitrogen and oxygen atoms in total. The Kier molecular flexibility index (Phi) is 3.15. The van der Waals surface area contributed by atoms with Crippen molar-refractivity contribution < 1.29 is 5.11 Å². The highest BCUT2D eigenvalue weighted by molar-refractivity contribution is 6.00. The lowest BCUT2D eigenvalue weighted by Gasteiger charge is -2.19. The van der Waals surface area contributed by atoms with Gasteiger partial charge in [0.1, 0.15) is 5.82 Å². The monoisotopic (exact) mass is 231 g/mol. The van der Waals surface area contributed by atoms with Gasteiger partial charge in [0.25, 0.3) is 0 Å². The molecule has 3 N–H and O–H groups in total. The van der Waals surface area contributed by atoms with E-state index in [1.807, 2.05) is 37.1 Å². The molecule has 2 rings (SSSR count). The number of nitrogens with zero attached hydrogens (tertiary/aromatic N) is 2. The lowest BCUT2D eigenvalue weighted by molar-refractivity contribution is 0.304. The van der Waals surface area contributed by atoms with Crippen LogP contribution in [0.3, 0.4) is 0 Å². The molecular formula is C13H17N3O. The van der Waals surface area contributed by atoms with Crippen molar-refractivity contribution in [2.24, 2.45) is 0 Å². The van der Waals surface area contributed by atoms with Gasteiger partial charge in [0.15, 0.2) is 0 Å². The Bertz CT molecular complexity index is 539. The molecule has 0 saturated heterocycles. The molecule has 0 spiro atoms. The summed E-state index contributed by atoms with van der Waals surface area (Å²) in [6.45, 7) is 2.65. The van der Waals surface area contributed by atoms with Crippen LogP contribution in [0.4, 0.5) is 11.5 Å². The maximum absolute atomic E-state index is 8.97. The molecule has 0 saturated carbocycles. The first-order valence-electron chi connectivity index (χ1n) is 5.61. The number of aliphatic hydroxyl groups is 1. The Morgan fingerprint density at radius 3 is 2.76 bits per heavy atom. The summed E-state index contributed by atoms with van der Waals surface area (Å²) in [7, 11) is 1.91. The highest BCUT2D eigenvalue weighted by Gasteiger charge is 2.09. The van der Waals surface area contributed by atoms with Crippen LogP contribution in [-0.4, -0.2) is 30.3 Å². The van der Waals surface area contributed by atoms with Gasteiger partial charge >= 0.3 is 0 Å². The zero-order valence-electron chi connectivity index (χ0n) is 10.1. The largest absolute Gasteiger partial charge is 0.398 e. The van der Waals surface area contributed by atoms with E-state index in [0.717, 1.165) is 27.8 Å². The minimum atomic E-state index is 0.107. The van der Waals surface area contributed by atoms with E-state index < -0.39 is 0 Å². The smallest absolute Gasteiger partial charge is 0.136 e. The molecule has 0 bridgehead atoms. The minimum absolute atomic E-state index is 0.107. The van der Waals surface area contributed by atoms with Crippen molar-refractivity contribution in [2.45, 2.75) is 6.92 Å². The zero-order valence-corrected chi connectivity index (χ0v) is 10.1. The van der Waals surface area contributed by atoms with Gasteiger partial charge in [-0.05, 0) is 18.6 Å². The molecule has 4 heteroatoms. The number of hydrogen-bond donors (Lipinski definition) is 2. The third-order valence-electron chi connectivity index (χ3n) is 2.98. The highest BCUT2D eigenvalue weighted by Crippen LogP contribution is 2.29. The summed E-state index contributed by atoms with van der Waals surface area (Å²) in [4.78, 5) is 6.28. The number of likely N-dealkylation sites (N-methyl/N-ethyl adjacent to an activating group) is 1. The van der Waals surface area contributed by atoms with Crippen LogP contribution in [-0.2, 0) is 0 Å². The number of fused-ring (bicyclic) bond motifs is 1. The van der Waals surface area contributed by atoms with Crippen molar-refractivity contribution in [3.8, 4) is 0 Å². The average Bonchev–Trinajstić information content (AvgIpc) is 2.33. The fourth-order valence-electron chi connectivity index (χ4n) is 1.93. The molecule has 0 atom stereocenters. The van der Waals surface area contributed by atoms with Gasteiger partial charge in [-0.3, -0.25) is 0 Å². The lowest BCUT2D eigenvalue weighted by atomic mass is 10.1. The SMILES string of the molecule is Cc1ccc2c(N(C)CCO)nccc2c1N. The van der Waals surface area contributed by atoms with Crippen LogP contribution in [0.15, 0.2) is 24.4 Å². The van der Waals surface area contributed by atoms with Gasteiger partial charge in [-0.1, -0.05) is 12.1 Å². The summed E-state index contributed by atoms with van der Waals surface area (Å²) in [5, 5.41) is 11.0. The van der Waals surface area contributed by atoms with Crippen molar-refractivity contribution in [3.63, 3.8) is 0 Å². The lowest BCUT2D eigenvalue weighted by Crippen LogP contribution is -2.22. The number of hydrogen-bond acceptors (Lipinski definition) is 4. The number of rotatable bonds is 3. The predicted octanol–water partition coefficient (Wildman–Crippen LogP) is 1.55. The number of nitrogens with two attached hydrogens (primary N) is 1. The van der Waals surface area contributed by atoms with Crippen LogP contribution in [0.2, 0.25) is 0 Å². The minimum Gasteiger partial charge on any atom is -0.398 e. The normalized spacial score (nSPS) is 10.8. The molecule has 17 heavy (non-hydrogen) atoms. The van der Waals surface area contributed by atoms with E-state index >= 15 is 0 Å². The molecule has 0 radical (unpaired) electrons. The highest BCUT2D eigenvalue weighted by atomic mass is 16.3. The number of aliphatic hydroxyl groups excluding tert-OH is 1. The molecule has 0 unspecified atom stereocenters. The molecule has 1 aromatic carbocycles. The first-order chi connectivity index (χ1) is 8.15. The molecule has 0 aliphatic carbocycles. The van der Waals surface area contributed by atoms with Crippen molar-refractivity contribution in [3.05, 3.63) is 30.0 Å². The molecule has 2 aromatic rings. The second kappa shape index (κ2) is 4.59. The second-order valence-electron chi connectivity index (χ2n) is 4.17. The standard InChI is InChI=1S/C13H17N3O/c1-9-3-4-11-10(12(9)14)5-6-15-13(11)16(2)7-8-17/h3-6,17H,7-8,14H2,1-2H3. The quantitative estimate of drug-likeness (QED) is 0.787. The molecule has 0 aliphatic heterocycles. The molecular weight excluding hydrogens is 214 g/mol. The van der Waals surface area contributed by atoms with Crippen LogP contribution < -0.4 is 10.6 Å². The molecule has 0 amide bonds. The Balaban J connectivity index is 2.62. The summed E-state index contributed by atoms with van der Waals surface area (Å²) in [6, 6.07) is 5.95. The number of anilines is 2. The van der Waals surface area contributed by atoms with Crippen molar-refractivity contribution in [1.82, 2.24) is 4.98 Å². The van der Waals surface area contributed by atoms with Crippen LogP contribution in [0.1, 0.15) is 5.56 Å².